The second-order valence-corrected chi connectivity index (χ2v) is 10.9. The third-order valence-electron chi connectivity index (χ3n) is 7.39. The number of morpholine rings is 1. The van der Waals surface area contributed by atoms with Crippen molar-refractivity contribution in [3.05, 3.63) is 36.0 Å². The van der Waals surface area contributed by atoms with Crippen LogP contribution in [0.1, 0.15) is 38.4 Å². The topological polar surface area (TPSA) is 156 Å². The van der Waals surface area contributed by atoms with Gasteiger partial charge in [0, 0.05) is 25.6 Å². The number of hydrogen-bond donors (Lipinski definition) is 0. The number of amides is 6. The van der Waals surface area contributed by atoms with Crippen LogP contribution in [0.15, 0.2) is 28.8 Å². The van der Waals surface area contributed by atoms with Crippen LogP contribution in [0.4, 0.5) is 10.5 Å². The number of anilines is 1. The van der Waals surface area contributed by atoms with Crippen LogP contribution in [0, 0.1) is 11.8 Å². The van der Waals surface area contributed by atoms with Crippen LogP contribution >= 0.6 is 0 Å². The Bertz CT molecular complexity index is 1370. The van der Waals surface area contributed by atoms with Gasteiger partial charge in [-0.25, -0.2) is 9.69 Å². The molecule has 0 radical (unpaired) electrons. The molecule has 0 bridgehead atoms. The predicted octanol–water partition coefficient (Wildman–Crippen LogP) is 1.24. The Morgan fingerprint density at radius 3 is 2.57 bits per heavy atom. The van der Waals surface area contributed by atoms with Crippen molar-refractivity contribution < 1.29 is 38.0 Å². The Hall–Kier alpha value is -4.33. The number of imide groups is 2. The summed E-state index contributed by atoms with van der Waals surface area (Å²) in [6.07, 6.45) is 1.12. The molecule has 1 aromatic carbocycles. The van der Waals surface area contributed by atoms with Gasteiger partial charge in [-0.2, -0.15) is 4.98 Å². The second kappa shape index (κ2) is 12.3. The maximum absolute atomic E-state index is 13.7. The van der Waals surface area contributed by atoms with Crippen LogP contribution in [-0.2, 0) is 36.9 Å². The SMILES string of the molecule is COc1ccccc1N(C[C@H]1CN(C(=O)C(C)C)CCO1)C(=O)Cc1noc(CN2C(=O)C(=O)N(CC3CC3)C2=O)n1. The summed E-state index contributed by atoms with van der Waals surface area (Å²) in [5.41, 5.74) is 0.507. The molecule has 2 saturated heterocycles. The summed E-state index contributed by atoms with van der Waals surface area (Å²) >= 11 is 0. The average Bonchev–Trinajstić information content (AvgIpc) is 3.68. The minimum absolute atomic E-state index is 0.0186. The van der Waals surface area contributed by atoms with Gasteiger partial charge < -0.3 is 23.8 Å². The third kappa shape index (κ3) is 6.27. The lowest BCUT2D eigenvalue weighted by Gasteiger charge is -2.36. The van der Waals surface area contributed by atoms with Crippen LogP contribution < -0.4 is 9.64 Å². The molecule has 3 heterocycles. The first-order chi connectivity index (χ1) is 20.2. The predicted molar refractivity (Wildman–Crippen MR) is 145 cm³/mol. The molecule has 0 N–H and O–H groups in total. The van der Waals surface area contributed by atoms with Crippen molar-refractivity contribution in [1.82, 2.24) is 24.8 Å². The molecule has 3 aliphatic rings. The molecule has 14 nitrogen and oxygen atoms in total. The van der Waals surface area contributed by atoms with Crippen molar-refractivity contribution in [3.63, 3.8) is 0 Å². The fourth-order valence-corrected chi connectivity index (χ4v) is 4.99. The van der Waals surface area contributed by atoms with Gasteiger partial charge >= 0.3 is 17.8 Å². The highest BCUT2D eigenvalue weighted by molar-refractivity contribution is 6.44. The molecule has 224 valence electrons. The third-order valence-corrected chi connectivity index (χ3v) is 7.39. The summed E-state index contributed by atoms with van der Waals surface area (Å²) in [5, 5.41) is 3.87. The van der Waals surface area contributed by atoms with E-state index >= 15 is 0 Å². The summed E-state index contributed by atoms with van der Waals surface area (Å²) in [4.78, 5) is 72.9. The van der Waals surface area contributed by atoms with E-state index in [4.69, 9.17) is 14.0 Å². The first-order valence-electron chi connectivity index (χ1n) is 14.0. The highest BCUT2D eigenvalue weighted by Crippen LogP contribution is 2.32. The van der Waals surface area contributed by atoms with E-state index in [0.29, 0.717) is 31.1 Å². The standard InChI is InChI=1S/C28H34N6O8/c1-17(2)25(36)31-10-11-41-19(14-31)15-32(20-6-4-5-7-21(20)40-3)24(35)12-22-29-23(42-30-22)16-34-27(38)26(37)33(28(34)39)13-18-8-9-18/h4-7,17-19H,8-16H2,1-3H3/t19-/m1/s1. The zero-order valence-electron chi connectivity index (χ0n) is 23.9. The molecular weight excluding hydrogens is 548 g/mol. The lowest BCUT2D eigenvalue weighted by Crippen LogP contribution is -2.51. The number of urea groups is 1. The monoisotopic (exact) mass is 582 g/mol. The van der Waals surface area contributed by atoms with Gasteiger partial charge in [0.25, 0.3) is 0 Å². The van der Waals surface area contributed by atoms with Crippen LogP contribution in [0.5, 0.6) is 5.75 Å². The maximum atomic E-state index is 13.7. The minimum atomic E-state index is -0.948. The van der Waals surface area contributed by atoms with Crippen molar-refractivity contribution in [2.75, 3.05) is 44.8 Å². The molecule has 1 aromatic heterocycles. The molecular formula is C28H34N6O8. The number of carbonyl (C=O) groups is 5. The van der Waals surface area contributed by atoms with Gasteiger partial charge in [-0.15, -0.1) is 0 Å². The molecule has 1 aliphatic carbocycles. The normalized spacial score (nSPS) is 19.2. The number of methoxy groups -OCH3 is 1. The van der Waals surface area contributed by atoms with Crippen LogP contribution in [0.2, 0.25) is 0 Å². The molecule has 5 rings (SSSR count). The highest BCUT2D eigenvalue weighted by Gasteiger charge is 2.46. The van der Waals surface area contributed by atoms with Gasteiger partial charge in [0.05, 0.1) is 38.5 Å². The van der Waals surface area contributed by atoms with Gasteiger partial charge in [-0.05, 0) is 30.9 Å². The van der Waals surface area contributed by atoms with Crippen molar-refractivity contribution in [1.29, 1.82) is 0 Å². The Morgan fingerprint density at radius 1 is 1.12 bits per heavy atom. The van der Waals surface area contributed by atoms with E-state index in [1.165, 1.54) is 12.0 Å². The van der Waals surface area contributed by atoms with E-state index in [1.807, 2.05) is 13.8 Å². The lowest BCUT2D eigenvalue weighted by atomic mass is 10.1. The van der Waals surface area contributed by atoms with Gasteiger partial charge in [0.2, 0.25) is 17.7 Å². The maximum Gasteiger partial charge on any atom is 0.334 e. The highest BCUT2D eigenvalue weighted by atomic mass is 16.5. The minimum Gasteiger partial charge on any atom is -0.495 e. The number of para-hydroxylation sites is 2. The van der Waals surface area contributed by atoms with E-state index < -0.39 is 23.9 Å². The smallest absolute Gasteiger partial charge is 0.334 e. The molecule has 2 aliphatic heterocycles. The van der Waals surface area contributed by atoms with E-state index in [2.05, 4.69) is 10.1 Å². The van der Waals surface area contributed by atoms with E-state index in [1.54, 1.807) is 29.2 Å². The summed E-state index contributed by atoms with van der Waals surface area (Å²) in [6.45, 7) is 4.82. The van der Waals surface area contributed by atoms with Crippen molar-refractivity contribution >= 4 is 35.3 Å². The Kier molecular flexibility index (Phi) is 8.52. The van der Waals surface area contributed by atoms with Crippen molar-refractivity contribution in [3.8, 4) is 5.75 Å². The number of ether oxygens (including phenoxy) is 2. The van der Waals surface area contributed by atoms with Gasteiger partial charge in [-0.1, -0.05) is 31.1 Å². The molecule has 0 unspecified atom stereocenters. The number of hydrogen-bond acceptors (Lipinski definition) is 10. The summed E-state index contributed by atoms with van der Waals surface area (Å²) < 4.78 is 16.7. The van der Waals surface area contributed by atoms with E-state index in [9.17, 15) is 24.0 Å². The molecule has 0 spiro atoms. The van der Waals surface area contributed by atoms with Gasteiger partial charge in [0.1, 0.15) is 12.3 Å². The van der Waals surface area contributed by atoms with Crippen LogP contribution in [-0.4, -0.2) is 100 Å². The summed E-state index contributed by atoms with van der Waals surface area (Å²) in [5.74, 6) is -1.68. The number of carbonyl (C=O) groups excluding carboxylic acids is 5. The zero-order chi connectivity index (χ0) is 30.0. The zero-order valence-corrected chi connectivity index (χ0v) is 23.9. The summed E-state index contributed by atoms with van der Waals surface area (Å²) in [7, 11) is 1.50. The number of aromatic nitrogens is 2. The van der Waals surface area contributed by atoms with Crippen LogP contribution in [0.3, 0.4) is 0 Å². The Labute approximate surface area is 242 Å². The first-order valence-corrected chi connectivity index (χ1v) is 14.0. The molecule has 42 heavy (non-hydrogen) atoms. The Morgan fingerprint density at radius 2 is 1.86 bits per heavy atom. The number of benzene rings is 1. The molecule has 6 amide bonds. The second-order valence-electron chi connectivity index (χ2n) is 10.9. The van der Waals surface area contributed by atoms with Crippen LogP contribution in [0.25, 0.3) is 0 Å². The number of rotatable bonds is 11. The fraction of sp³-hybridized carbons (Fsp3) is 0.536. The summed E-state index contributed by atoms with van der Waals surface area (Å²) in [6, 6.07) is 6.32. The average molecular weight is 583 g/mol. The largest absolute Gasteiger partial charge is 0.495 e. The fourth-order valence-electron chi connectivity index (χ4n) is 4.99. The number of nitrogens with zero attached hydrogens (tertiary/aromatic N) is 6. The molecule has 1 saturated carbocycles. The van der Waals surface area contributed by atoms with E-state index in [-0.39, 0.29) is 61.4 Å². The van der Waals surface area contributed by atoms with E-state index in [0.717, 1.165) is 22.6 Å². The first kappa shape index (κ1) is 29.2. The van der Waals surface area contributed by atoms with Gasteiger partial charge in [0.15, 0.2) is 5.82 Å². The van der Waals surface area contributed by atoms with Crippen molar-refractivity contribution in [2.45, 2.75) is 45.8 Å². The lowest BCUT2D eigenvalue weighted by molar-refractivity contribution is -0.143. The van der Waals surface area contributed by atoms with Gasteiger partial charge in [-0.3, -0.25) is 24.1 Å². The molecule has 1 atom stereocenters. The quantitative estimate of drug-likeness (QED) is 0.279. The molecule has 14 heteroatoms. The molecule has 3 fully saturated rings. The Balaban J connectivity index is 1.29. The molecule has 2 aromatic rings. The van der Waals surface area contributed by atoms with Crippen molar-refractivity contribution in [2.24, 2.45) is 11.8 Å².